The molecule has 5 nitrogen and oxygen atoms in total. The first-order valence-corrected chi connectivity index (χ1v) is 9.44. The number of hydrogen-bond donors (Lipinski definition) is 1. The molecule has 0 bridgehead atoms. The van der Waals surface area contributed by atoms with Crippen LogP contribution in [0.25, 0.3) is 0 Å². The van der Waals surface area contributed by atoms with Crippen molar-refractivity contribution in [1.82, 2.24) is 4.90 Å². The topological polar surface area (TPSA) is 58.6 Å². The maximum atomic E-state index is 12.7. The molecule has 0 saturated carbocycles. The Bertz CT molecular complexity index is 805. The molecule has 1 aliphatic rings. The number of morpholine rings is 1. The molecule has 2 aromatic rings. The van der Waals surface area contributed by atoms with Gasteiger partial charge in [-0.05, 0) is 42.5 Å². The van der Waals surface area contributed by atoms with Gasteiger partial charge in [0.05, 0.1) is 18.9 Å². The lowest BCUT2D eigenvalue weighted by Gasteiger charge is -2.27. The lowest BCUT2D eigenvalue weighted by Crippen LogP contribution is -2.40. The third-order valence-corrected chi connectivity index (χ3v) is 5.21. The van der Waals surface area contributed by atoms with Crippen molar-refractivity contribution >= 4 is 40.9 Å². The van der Waals surface area contributed by atoms with Crippen molar-refractivity contribution < 1.29 is 14.3 Å². The molecule has 26 heavy (non-hydrogen) atoms. The fraction of sp³-hybridized carbons (Fsp3) is 0.263. The summed E-state index contributed by atoms with van der Waals surface area (Å²) >= 11 is 7.43. The number of hydrogen-bond acceptors (Lipinski definition) is 4. The van der Waals surface area contributed by atoms with Crippen molar-refractivity contribution in [2.45, 2.75) is 16.7 Å². The molecular weight excluding hydrogens is 372 g/mol. The van der Waals surface area contributed by atoms with E-state index in [0.29, 0.717) is 42.6 Å². The lowest BCUT2D eigenvalue weighted by atomic mass is 10.1. The summed E-state index contributed by atoms with van der Waals surface area (Å²) in [7, 11) is 0. The van der Waals surface area contributed by atoms with E-state index in [1.165, 1.54) is 18.7 Å². The smallest absolute Gasteiger partial charge is 0.254 e. The molecule has 1 heterocycles. The summed E-state index contributed by atoms with van der Waals surface area (Å²) < 4.78 is 5.29. The van der Waals surface area contributed by atoms with Crippen LogP contribution in [0, 0.1) is 0 Å². The highest BCUT2D eigenvalue weighted by Crippen LogP contribution is 2.35. The molecule has 1 saturated heterocycles. The summed E-state index contributed by atoms with van der Waals surface area (Å²) in [5.41, 5.74) is 1.17. The molecule has 1 N–H and O–H groups in total. The van der Waals surface area contributed by atoms with Gasteiger partial charge in [-0.3, -0.25) is 9.59 Å². The largest absolute Gasteiger partial charge is 0.378 e. The standard InChI is InChI=1S/C19H19ClN2O3S/c1-13(23)21-17-12-14(19(24)22-8-10-25-11-9-22)2-7-18(17)26-16-5-3-15(20)4-6-16/h2-7,12H,8-11H2,1H3,(H,21,23). The van der Waals surface area contributed by atoms with Crippen LogP contribution in [0.15, 0.2) is 52.3 Å². The van der Waals surface area contributed by atoms with Crippen LogP contribution in [0.3, 0.4) is 0 Å². The first kappa shape index (κ1) is 18.8. The quantitative estimate of drug-likeness (QED) is 0.859. The fourth-order valence-corrected chi connectivity index (χ4v) is 3.63. The third-order valence-electron chi connectivity index (χ3n) is 3.88. The van der Waals surface area contributed by atoms with Gasteiger partial charge in [-0.2, -0.15) is 0 Å². The number of benzene rings is 2. The van der Waals surface area contributed by atoms with Crippen molar-refractivity contribution in [3.05, 3.63) is 53.1 Å². The lowest BCUT2D eigenvalue weighted by molar-refractivity contribution is -0.114. The molecule has 0 unspecified atom stereocenters. The van der Waals surface area contributed by atoms with Crippen LogP contribution in [0.5, 0.6) is 0 Å². The van der Waals surface area contributed by atoms with Crippen LogP contribution >= 0.6 is 23.4 Å². The number of nitrogens with zero attached hydrogens (tertiary/aromatic N) is 1. The predicted molar refractivity (Wildman–Crippen MR) is 103 cm³/mol. The summed E-state index contributed by atoms with van der Waals surface area (Å²) in [6, 6.07) is 12.8. The maximum Gasteiger partial charge on any atom is 0.254 e. The van der Waals surface area contributed by atoms with Gasteiger partial charge in [0.25, 0.3) is 5.91 Å². The van der Waals surface area contributed by atoms with E-state index >= 15 is 0 Å². The third kappa shape index (κ3) is 4.78. The van der Waals surface area contributed by atoms with E-state index in [9.17, 15) is 9.59 Å². The van der Waals surface area contributed by atoms with E-state index in [0.717, 1.165) is 9.79 Å². The number of anilines is 1. The number of carbonyl (C=O) groups is 2. The number of amides is 2. The molecule has 2 amide bonds. The van der Waals surface area contributed by atoms with Crippen molar-refractivity contribution in [2.24, 2.45) is 0 Å². The Morgan fingerprint density at radius 3 is 2.46 bits per heavy atom. The van der Waals surface area contributed by atoms with Crippen LogP contribution in [-0.2, 0) is 9.53 Å². The first-order valence-electron chi connectivity index (χ1n) is 8.25. The van der Waals surface area contributed by atoms with Crippen molar-refractivity contribution in [3.63, 3.8) is 0 Å². The Balaban J connectivity index is 1.86. The maximum absolute atomic E-state index is 12.7. The highest BCUT2D eigenvalue weighted by molar-refractivity contribution is 7.99. The molecule has 0 aromatic heterocycles. The van der Waals surface area contributed by atoms with E-state index in [1.54, 1.807) is 17.0 Å². The molecule has 1 aliphatic heterocycles. The number of halogens is 1. The molecule has 0 radical (unpaired) electrons. The van der Waals surface area contributed by atoms with Crippen LogP contribution < -0.4 is 5.32 Å². The van der Waals surface area contributed by atoms with Gasteiger partial charge >= 0.3 is 0 Å². The molecule has 0 aliphatic carbocycles. The van der Waals surface area contributed by atoms with Gasteiger partial charge in [0, 0.05) is 40.4 Å². The average Bonchev–Trinajstić information content (AvgIpc) is 2.64. The zero-order chi connectivity index (χ0) is 18.5. The van der Waals surface area contributed by atoms with Gasteiger partial charge in [0.15, 0.2) is 0 Å². The van der Waals surface area contributed by atoms with E-state index in [-0.39, 0.29) is 11.8 Å². The minimum atomic E-state index is -0.182. The predicted octanol–water partition coefficient (Wildman–Crippen LogP) is 3.92. The van der Waals surface area contributed by atoms with E-state index in [1.807, 2.05) is 30.3 Å². The van der Waals surface area contributed by atoms with Crippen LogP contribution in [0.2, 0.25) is 5.02 Å². The molecule has 3 rings (SSSR count). The zero-order valence-corrected chi connectivity index (χ0v) is 15.9. The minimum Gasteiger partial charge on any atom is -0.378 e. The minimum absolute atomic E-state index is 0.0528. The fourth-order valence-electron chi connectivity index (χ4n) is 2.62. The van der Waals surface area contributed by atoms with Crippen LogP contribution in [-0.4, -0.2) is 43.0 Å². The summed E-state index contributed by atoms with van der Waals surface area (Å²) in [5, 5.41) is 3.49. The van der Waals surface area contributed by atoms with Crippen LogP contribution in [0.4, 0.5) is 5.69 Å². The van der Waals surface area contributed by atoms with Crippen molar-refractivity contribution in [1.29, 1.82) is 0 Å². The molecule has 136 valence electrons. The SMILES string of the molecule is CC(=O)Nc1cc(C(=O)N2CCOCC2)ccc1Sc1ccc(Cl)cc1. The Kier molecular flexibility index (Phi) is 6.19. The highest BCUT2D eigenvalue weighted by Gasteiger charge is 2.20. The second kappa shape index (κ2) is 8.58. The molecule has 0 atom stereocenters. The molecule has 1 fully saturated rings. The van der Waals surface area contributed by atoms with E-state index < -0.39 is 0 Å². The second-order valence-corrected chi connectivity index (χ2v) is 7.40. The van der Waals surface area contributed by atoms with Gasteiger partial charge < -0.3 is 15.0 Å². The Morgan fingerprint density at radius 1 is 1.12 bits per heavy atom. The zero-order valence-electron chi connectivity index (χ0n) is 14.3. The number of rotatable bonds is 4. The van der Waals surface area contributed by atoms with Crippen molar-refractivity contribution in [2.75, 3.05) is 31.6 Å². The average molecular weight is 391 g/mol. The van der Waals surface area contributed by atoms with Crippen LogP contribution in [0.1, 0.15) is 17.3 Å². The monoisotopic (exact) mass is 390 g/mol. The molecule has 0 spiro atoms. The summed E-state index contributed by atoms with van der Waals surface area (Å²) in [6.45, 7) is 3.71. The molecule has 7 heteroatoms. The number of nitrogens with one attached hydrogen (secondary N) is 1. The first-order chi connectivity index (χ1) is 12.5. The molecule has 2 aromatic carbocycles. The highest BCUT2D eigenvalue weighted by atomic mass is 35.5. The number of ether oxygens (including phenoxy) is 1. The second-order valence-electron chi connectivity index (χ2n) is 5.85. The van der Waals surface area contributed by atoms with Gasteiger partial charge in [-0.15, -0.1) is 0 Å². The Hall–Kier alpha value is -2.02. The Morgan fingerprint density at radius 2 is 1.81 bits per heavy atom. The summed E-state index contributed by atoms with van der Waals surface area (Å²) in [5.74, 6) is -0.234. The summed E-state index contributed by atoms with van der Waals surface area (Å²) in [6.07, 6.45) is 0. The molecular formula is C19H19ClN2O3S. The summed E-state index contributed by atoms with van der Waals surface area (Å²) in [4.78, 5) is 27.9. The van der Waals surface area contributed by atoms with Gasteiger partial charge in [0.2, 0.25) is 5.91 Å². The van der Waals surface area contributed by atoms with E-state index in [2.05, 4.69) is 5.32 Å². The van der Waals surface area contributed by atoms with Crippen molar-refractivity contribution in [3.8, 4) is 0 Å². The van der Waals surface area contributed by atoms with Gasteiger partial charge in [-0.25, -0.2) is 0 Å². The van der Waals surface area contributed by atoms with Gasteiger partial charge in [0.1, 0.15) is 0 Å². The van der Waals surface area contributed by atoms with E-state index in [4.69, 9.17) is 16.3 Å². The normalized spacial score (nSPS) is 14.2. The van der Waals surface area contributed by atoms with Gasteiger partial charge in [-0.1, -0.05) is 23.4 Å². The Labute approximate surface area is 161 Å². The number of carbonyl (C=O) groups excluding carboxylic acids is 2.